The third-order valence-corrected chi connectivity index (χ3v) is 3.98. The van der Waals surface area contributed by atoms with E-state index >= 15 is 0 Å². The molecule has 0 radical (unpaired) electrons. The van der Waals surface area contributed by atoms with Gasteiger partial charge in [-0.2, -0.15) is 0 Å². The van der Waals surface area contributed by atoms with Crippen LogP contribution in [0, 0.1) is 5.92 Å². The number of hydrogen-bond donors (Lipinski definition) is 1. The van der Waals surface area contributed by atoms with Crippen LogP contribution in [0.4, 0.5) is 0 Å². The second kappa shape index (κ2) is 5.83. The molecule has 3 atom stereocenters. The first kappa shape index (κ1) is 12.8. The maximum atomic E-state index is 12.2. The minimum absolute atomic E-state index is 0.267. The molecule has 2 aliphatic rings. The molecule has 4 nitrogen and oxygen atoms in total. The molecule has 0 aromatic rings. The van der Waals surface area contributed by atoms with E-state index < -0.39 is 0 Å². The zero-order chi connectivity index (χ0) is 12.3. The molecule has 17 heavy (non-hydrogen) atoms. The lowest BCUT2D eigenvalue weighted by atomic mass is 9.89. The molecule has 4 heteroatoms. The highest BCUT2D eigenvalue weighted by Crippen LogP contribution is 2.29. The van der Waals surface area contributed by atoms with E-state index in [1.54, 1.807) is 0 Å². The Kier molecular flexibility index (Phi) is 4.40. The Morgan fingerprint density at radius 2 is 2.24 bits per heavy atom. The van der Waals surface area contributed by atoms with Gasteiger partial charge in [0.15, 0.2) is 0 Å². The van der Waals surface area contributed by atoms with E-state index in [1.807, 2.05) is 6.92 Å². The molecule has 1 aliphatic heterocycles. The molecule has 3 unspecified atom stereocenters. The first-order chi connectivity index (χ1) is 8.22. The number of hydrogen-bond acceptors (Lipinski definition) is 3. The molecule has 1 heterocycles. The van der Waals surface area contributed by atoms with Gasteiger partial charge in [-0.3, -0.25) is 4.79 Å². The monoisotopic (exact) mass is 240 g/mol. The fourth-order valence-electron chi connectivity index (χ4n) is 2.90. The van der Waals surface area contributed by atoms with Crippen molar-refractivity contribution in [2.75, 3.05) is 19.7 Å². The number of carbonyl (C=O) groups excluding carboxylic acids is 1. The molecular formula is C13H24N2O2. The van der Waals surface area contributed by atoms with E-state index in [-0.39, 0.29) is 17.9 Å². The van der Waals surface area contributed by atoms with Crippen LogP contribution >= 0.6 is 0 Å². The first-order valence-electron chi connectivity index (χ1n) is 6.83. The lowest BCUT2D eigenvalue weighted by Gasteiger charge is -2.44. The van der Waals surface area contributed by atoms with E-state index in [1.165, 1.54) is 12.8 Å². The molecule has 1 amide bonds. The minimum atomic E-state index is 0.267. The molecule has 98 valence electrons. The van der Waals surface area contributed by atoms with Crippen molar-refractivity contribution in [3.05, 3.63) is 0 Å². The average molecular weight is 240 g/mol. The van der Waals surface area contributed by atoms with Gasteiger partial charge in [-0.1, -0.05) is 19.8 Å². The van der Waals surface area contributed by atoms with Crippen molar-refractivity contribution >= 4 is 5.91 Å². The van der Waals surface area contributed by atoms with Crippen LogP contribution < -0.4 is 5.73 Å². The Labute approximate surface area is 103 Å². The van der Waals surface area contributed by atoms with Gasteiger partial charge < -0.3 is 15.4 Å². The van der Waals surface area contributed by atoms with Gasteiger partial charge in [0.1, 0.15) is 0 Å². The molecule has 0 bridgehead atoms. The van der Waals surface area contributed by atoms with Crippen molar-refractivity contribution in [2.45, 2.75) is 51.2 Å². The normalized spacial score (nSPS) is 30.8. The second-order valence-electron chi connectivity index (χ2n) is 5.39. The summed E-state index contributed by atoms with van der Waals surface area (Å²) >= 11 is 0. The largest absolute Gasteiger partial charge is 0.374 e. The summed E-state index contributed by atoms with van der Waals surface area (Å²) in [6.07, 6.45) is 5.55. The Morgan fingerprint density at radius 1 is 1.47 bits per heavy atom. The number of fused-ring (bicyclic) bond motifs is 1. The zero-order valence-corrected chi connectivity index (χ0v) is 10.7. The fraction of sp³-hybridized carbons (Fsp3) is 0.923. The highest BCUT2D eigenvalue weighted by molar-refractivity contribution is 5.77. The van der Waals surface area contributed by atoms with Crippen LogP contribution in [-0.2, 0) is 9.53 Å². The van der Waals surface area contributed by atoms with Gasteiger partial charge in [0.05, 0.1) is 18.8 Å². The summed E-state index contributed by atoms with van der Waals surface area (Å²) in [6.45, 7) is 4.09. The molecule has 2 fully saturated rings. The number of rotatable bonds is 3. The van der Waals surface area contributed by atoms with Gasteiger partial charge in [-0.05, 0) is 25.3 Å². The topological polar surface area (TPSA) is 55.6 Å². The Morgan fingerprint density at radius 3 is 3.00 bits per heavy atom. The van der Waals surface area contributed by atoms with Gasteiger partial charge in [-0.15, -0.1) is 0 Å². The van der Waals surface area contributed by atoms with Crippen LogP contribution in [0.3, 0.4) is 0 Å². The van der Waals surface area contributed by atoms with Crippen LogP contribution in [0.15, 0.2) is 0 Å². The quantitative estimate of drug-likeness (QED) is 0.805. The number of amides is 1. The SMILES string of the molecule is CC(CN)CC(=O)N1CCOC2CCCCC21. The van der Waals surface area contributed by atoms with Crippen molar-refractivity contribution < 1.29 is 9.53 Å². The number of carbonyl (C=O) groups is 1. The maximum Gasteiger partial charge on any atom is 0.223 e. The van der Waals surface area contributed by atoms with Crippen molar-refractivity contribution in [2.24, 2.45) is 11.7 Å². The van der Waals surface area contributed by atoms with Crippen LogP contribution in [0.1, 0.15) is 39.0 Å². The summed E-state index contributed by atoms with van der Waals surface area (Å²) < 4.78 is 5.78. The summed E-state index contributed by atoms with van der Waals surface area (Å²) in [7, 11) is 0. The third kappa shape index (κ3) is 2.99. The van der Waals surface area contributed by atoms with Crippen molar-refractivity contribution in [3.63, 3.8) is 0 Å². The van der Waals surface area contributed by atoms with Gasteiger partial charge in [0.2, 0.25) is 5.91 Å². The van der Waals surface area contributed by atoms with E-state index in [0.717, 1.165) is 19.4 Å². The highest BCUT2D eigenvalue weighted by Gasteiger charge is 2.36. The van der Waals surface area contributed by atoms with Crippen LogP contribution in [0.5, 0.6) is 0 Å². The fourth-order valence-corrected chi connectivity index (χ4v) is 2.90. The molecule has 1 saturated carbocycles. The molecule has 0 spiro atoms. The van der Waals surface area contributed by atoms with Crippen molar-refractivity contribution in [1.82, 2.24) is 4.90 Å². The van der Waals surface area contributed by atoms with Crippen molar-refractivity contribution in [1.29, 1.82) is 0 Å². The third-order valence-electron chi connectivity index (χ3n) is 3.98. The van der Waals surface area contributed by atoms with E-state index in [0.29, 0.717) is 25.6 Å². The molecule has 2 N–H and O–H groups in total. The number of nitrogens with zero attached hydrogens (tertiary/aromatic N) is 1. The highest BCUT2D eigenvalue weighted by atomic mass is 16.5. The van der Waals surface area contributed by atoms with Crippen LogP contribution in [0.25, 0.3) is 0 Å². The van der Waals surface area contributed by atoms with Crippen LogP contribution in [0.2, 0.25) is 0 Å². The summed E-state index contributed by atoms with van der Waals surface area (Å²) in [5.41, 5.74) is 5.59. The van der Waals surface area contributed by atoms with E-state index in [9.17, 15) is 4.79 Å². The molecule has 1 aliphatic carbocycles. The Hall–Kier alpha value is -0.610. The number of nitrogens with two attached hydrogens (primary N) is 1. The molecular weight excluding hydrogens is 216 g/mol. The van der Waals surface area contributed by atoms with Gasteiger partial charge in [0.25, 0.3) is 0 Å². The Bertz CT molecular complexity index is 268. The molecule has 0 aromatic heterocycles. The summed E-state index contributed by atoms with van der Waals surface area (Å²) in [5, 5.41) is 0. The summed E-state index contributed by atoms with van der Waals surface area (Å²) in [5.74, 6) is 0.551. The smallest absolute Gasteiger partial charge is 0.223 e. The lowest BCUT2D eigenvalue weighted by Crippen LogP contribution is -2.55. The second-order valence-corrected chi connectivity index (χ2v) is 5.39. The molecule has 0 aromatic carbocycles. The van der Waals surface area contributed by atoms with Gasteiger partial charge in [0, 0.05) is 13.0 Å². The van der Waals surface area contributed by atoms with E-state index in [4.69, 9.17) is 10.5 Å². The number of morpholine rings is 1. The lowest BCUT2D eigenvalue weighted by molar-refractivity contribution is -0.150. The van der Waals surface area contributed by atoms with E-state index in [2.05, 4.69) is 4.90 Å². The Balaban J connectivity index is 1.95. The predicted octanol–water partition coefficient (Wildman–Crippen LogP) is 1.14. The maximum absolute atomic E-state index is 12.2. The summed E-state index contributed by atoms with van der Waals surface area (Å²) in [4.78, 5) is 14.3. The van der Waals surface area contributed by atoms with Crippen molar-refractivity contribution in [3.8, 4) is 0 Å². The molecule has 2 rings (SSSR count). The first-order valence-corrected chi connectivity index (χ1v) is 6.83. The van der Waals surface area contributed by atoms with Crippen LogP contribution in [-0.4, -0.2) is 42.6 Å². The van der Waals surface area contributed by atoms with Gasteiger partial charge in [-0.25, -0.2) is 0 Å². The summed E-state index contributed by atoms with van der Waals surface area (Å²) in [6, 6.07) is 0.329. The molecule has 1 saturated heterocycles. The van der Waals surface area contributed by atoms with Gasteiger partial charge >= 0.3 is 0 Å². The zero-order valence-electron chi connectivity index (χ0n) is 10.7. The minimum Gasteiger partial charge on any atom is -0.374 e. The predicted molar refractivity (Wildman–Crippen MR) is 66.5 cm³/mol. The average Bonchev–Trinajstić information content (AvgIpc) is 2.37. The number of ether oxygens (including phenoxy) is 1. The standard InChI is InChI=1S/C13H24N2O2/c1-10(9-14)8-13(16)15-6-7-17-12-5-3-2-4-11(12)15/h10-12H,2-9,14H2,1H3.